The van der Waals surface area contributed by atoms with Crippen LogP contribution in [0.5, 0.6) is 5.75 Å². The van der Waals surface area contributed by atoms with Gasteiger partial charge in [0, 0.05) is 11.3 Å². The van der Waals surface area contributed by atoms with Crippen LogP contribution in [0, 0.1) is 11.7 Å². The molecule has 9 heteroatoms. The molecule has 1 aliphatic heterocycles. The number of carbonyl (C=O) groups is 1. The van der Waals surface area contributed by atoms with Crippen LogP contribution in [0.3, 0.4) is 0 Å². The molecule has 3 atom stereocenters. The van der Waals surface area contributed by atoms with Gasteiger partial charge in [-0.25, -0.2) is 4.39 Å². The summed E-state index contributed by atoms with van der Waals surface area (Å²) in [5.41, 5.74) is 2.67. The van der Waals surface area contributed by atoms with E-state index in [-0.39, 0.29) is 16.6 Å². The molecule has 0 aliphatic carbocycles. The van der Waals surface area contributed by atoms with Gasteiger partial charge in [0.2, 0.25) is 5.91 Å². The van der Waals surface area contributed by atoms with E-state index in [0.717, 1.165) is 5.56 Å². The Hall–Kier alpha value is -4.05. The second kappa shape index (κ2) is 10.6. The summed E-state index contributed by atoms with van der Waals surface area (Å²) in [5.74, 6) is -1.28. The Labute approximate surface area is 225 Å². The minimum absolute atomic E-state index is 0.108. The smallest absolute Gasteiger partial charge is 0.294 e. The first-order valence-electron chi connectivity index (χ1n) is 12.4. The molecule has 1 aliphatic rings. The molecule has 200 valence electrons. The van der Waals surface area contributed by atoms with Crippen molar-refractivity contribution in [1.82, 2.24) is 0 Å². The Morgan fingerprint density at radius 3 is 2.23 bits per heavy atom. The Kier molecular flexibility index (Phi) is 7.22. The summed E-state index contributed by atoms with van der Waals surface area (Å²) in [5, 5.41) is 21.7. The van der Waals surface area contributed by atoms with Crippen molar-refractivity contribution in [2.24, 2.45) is 5.92 Å². The minimum atomic E-state index is -4.40. The number of carbonyl (C=O) groups excluding carboxylic acids is 1. The number of rotatable bonds is 8. The summed E-state index contributed by atoms with van der Waals surface area (Å²) < 4.78 is 46.1. The highest BCUT2D eigenvalue weighted by Gasteiger charge is 2.49. The van der Waals surface area contributed by atoms with Gasteiger partial charge in [-0.2, -0.15) is 8.42 Å². The lowest BCUT2D eigenvalue weighted by atomic mass is 9.77. The molecule has 1 amide bonds. The van der Waals surface area contributed by atoms with Gasteiger partial charge < -0.3 is 15.1 Å². The average molecular weight is 548 g/mol. The van der Waals surface area contributed by atoms with E-state index < -0.39 is 34.0 Å². The normalized spacial score (nSPS) is 18.0. The second-order valence-corrected chi connectivity index (χ2v) is 10.9. The summed E-state index contributed by atoms with van der Waals surface area (Å²) in [7, 11) is -4.40. The second-order valence-electron chi connectivity index (χ2n) is 9.52. The van der Waals surface area contributed by atoms with Gasteiger partial charge in [-0.1, -0.05) is 54.6 Å². The van der Waals surface area contributed by atoms with Crippen LogP contribution < -0.4 is 4.90 Å². The standard InChI is InChI=1S/C30H26FNO6S/c31-22-10-12-23(13-11-22)32-29(26(30(32)35)15-16-27(33)19-5-2-1-3-6-19)25-14-9-21(18-28(25)34)20-7-4-8-24(17-20)39(36,37)38/h1-14,17-18,26-27,29,33-34H,15-16H2,(H,36,37,38)/t26?,27-,29?/m0/s1. The molecule has 2 unspecified atom stereocenters. The van der Waals surface area contributed by atoms with Crippen molar-refractivity contribution in [3.05, 3.63) is 114 Å². The summed E-state index contributed by atoms with van der Waals surface area (Å²) in [6.45, 7) is 0. The quantitative estimate of drug-likeness (QED) is 0.194. The van der Waals surface area contributed by atoms with Gasteiger partial charge in [0.15, 0.2) is 0 Å². The van der Waals surface area contributed by atoms with Crippen molar-refractivity contribution in [1.29, 1.82) is 0 Å². The molecular weight excluding hydrogens is 521 g/mol. The summed E-state index contributed by atoms with van der Waals surface area (Å²) in [4.78, 5) is 14.5. The Bertz CT molecular complexity index is 1610. The Balaban J connectivity index is 1.46. The van der Waals surface area contributed by atoms with E-state index in [1.807, 2.05) is 30.3 Å². The van der Waals surface area contributed by atoms with Crippen molar-refractivity contribution in [3.8, 4) is 16.9 Å². The molecule has 0 saturated carbocycles. The van der Waals surface area contributed by atoms with E-state index in [1.165, 1.54) is 53.4 Å². The number of nitrogens with zero attached hydrogens (tertiary/aromatic N) is 1. The third-order valence-electron chi connectivity index (χ3n) is 7.07. The number of hydrogen-bond acceptors (Lipinski definition) is 5. The maximum absolute atomic E-state index is 13.6. The number of halogens is 1. The van der Waals surface area contributed by atoms with Crippen LogP contribution in [0.15, 0.2) is 102 Å². The lowest BCUT2D eigenvalue weighted by Crippen LogP contribution is -2.55. The van der Waals surface area contributed by atoms with Crippen LogP contribution in [0.2, 0.25) is 0 Å². The molecule has 0 spiro atoms. The topological polar surface area (TPSA) is 115 Å². The van der Waals surface area contributed by atoms with E-state index in [1.54, 1.807) is 18.2 Å². The molecule has 5 rings (SSSR count). The van der Waals surface area contributed by atoms with Crippen LogP contribution in [-0.4, -0.2) is 29.1 Å². The molecule has 0 radical (unpaired) electrons. The van der Waals surface area contributed by atoms with E-state index in [0.29, 0.717) is 35.2 Å². The predicted molar refractivity (Wildman–Crippen MR) is 144 cm³/mol. The molecule has 1 heterocycles. The van der Waals surface area contributed by atoms with Gasteiger partial charge >= 0.3 is 0 Å². The zero-order chi connectivity index (χ0) is 27.7. The number of amides is 1. The first-order valence-corrected chi connectivity index (χ1v) is 13.8. The van der Waals surface area contributed by atoms with Crippen LogP contribution in [0.25, 0.3) is 11.1 Å². The number of aromatic hydroxyl groups is 1. The van der Waals surface area contributed by atoms with Gasteiger partial charge in [-0.15, -0.1) is 0 Å². The molecule has 1 saturated heterocycles. The summed E-state index contributed by atoms with van der Waals surface area (Å²) in [6.07, 6.45) is -0.0739. The molecule has 4 aromatic carbocycles. The molecule has 3 N–H and O–H groups in total. The van der Waals surface area contributed by atoms with Crippen molar-refractivity contribution < 1.29 is 32.4 Å². The molecule has 0 aromatic heterocycles. The zero-order valence-electron chi connectivity index (χ0n) is 20.7. The highest BCUT2D eigenvalue weighted by Crippen LogP contribution is 2.49. The monoisotopic (exact) mass is 547 g/mol. The van der Waals surface area contributed by atoms with Crippen LogP contribution in [0.4, 0.5) is 10.1 Å². The third kappa shape index (κ3) is 5.42. The SMILES string of the molecule is O=C1C(CC[C@H](O)c2ccccc2)C(c2ccc(-c3cccc(S(=O)(=O)O)c3)cc2O)N1c1ccc(F)cc1. The van der Waals surface area contributed by atoms with E-state index in [2.05, 4.69) is 0 Å². The van der Waals surface area contributed by atoms with Crippen LogP contribution in [-0.2, 0) is 14.9 Å². The first-order chi connectivity index (χ1) is 18.6. The van der Waals surface area contributed by atoms with Crippen LogP contribution >= 0.6 is 0 Å². The average Bonchev–Trinajstić information content (AvgIpc) is 2.93. The van der Waals surface area contributed by atoms with Gasteiger partial charge in [0.05, 0.1) is 23.0 Å². The Morgan fingerprint density at radius 2 is 1.56 bits per heavy atom. The Morgan fingerprint density at radius 1 is 0.872 bits per heavy atom. The number of hydrogen-bond donors (Lipinski definition) is 3. The van der Waals surface area contributed by atoms with E-state index in [9.17, 15) is 32.4 Å². The van der Waals surface area contributed by atoms with E-state index in [4.69, 9.17) is 0 Å². The summed E-state index contributed by atoms with van der Waals surface area (Å²) in [6, 6.07) is 24.6. The highest BCUT2D eigenvalue weighted by molar-refractivity contribution is 7.85. The molecule has 0 bridgehead atoms. The lowest BCUT2D eigenvalue weighted by Gasteiger charge is -2.48. The molecule has 39 heavy (non-hydrogen) atoms. The largest absolute Gasteiger partial charge is 0.508 e. The maximum Gasteiger partial charge on any atom is 0.294 e. The number of phenols is 1. The zero-order valence-corrected chi connectivity index (χ0v) is 21.5. The van der Waals surface area contributed by atoms with Crippen molar-refractivity contribution in [2.45, 2.75) is 29.9 Å². The molecule has 4 aromatic rings. The molecule has 1 fully saturated rings. The van der Waals surface area contributed by atoms with E-state index >= 15 is 0 Å². The van der Waals surface area contributed by atoms with Gasteiger partial charge in [0.1, 0.15) is 11.6 Å². The fourth-order valence-electron chi connectivity index (χ4n) is 5.06. The van der Waals surface area contributed by atoms with Crippen molar-refractivity contribution in [3.63, 3.8) is 0 Å². The van der Waals surface area contributed by atoms with Gasteiger partial charge in [-0.05, 0) is 72.0 Å². The van der Waals surface area contributed by atoms with Gasteiger partial charge in [-0.3, -0.25) is 9.35 Å². The van der Waals surface area contributed by atoms with Crippen molar-refractivity contribution >= 4 is 21.7 Å². The fourth-order valence-corrected chi connectivity index (χ4v) is 5.59. The number of β-lactam (4-membered cyclic amide) rings is 1. The van der Waals surface area contributed by atoms with Gasteiger partial charge in [0.25, 0.3) is 10.1 Å². The highest BCUT2D eigenvalue weighted by atomic mass is 32.2. The maximum atomic E-state index is 13.6. The predicted octanol–water partition coefficient (Wildman–Crippen LogP) is 5.66. The molecule has 7 nitrogen and oxygen atoms in total. The first kappa shape index (κ1) is 26.6. The van der Waals surface area contributed by atoms with Crippen molar-refractivity contribution in [2.75, 3.05) is 4.90 Å². The molecular formula is C30H26FNO6S. The number of aliphatic hydroxyl groups excluding tert-OH is 1. The lowest BCUT2D eigenvalue weighted by molar-refractivity contribution is -0.131. The third-order valence-corrected chi connectivity index (χ3v) is 7.92. The summed E-state index contributed by atoms with van der Waals surface area (Å²) >= 11 is 0. The number of aliphatic hydroxyl groups is 1. The van der Waals surface area contributed by atoms with Crippen LogP contribution in [0.1, 0.15) is 36.1 Å². The number of benzene rings is 4. The number of phenolic OH excluding ortho intramolecular Hbond substituents is 1. The minimum Gasteiger partial charge on any atom is -0.508 e. The number of anilines is 1. The fraction of sp³-hybridized carbons (Fsp3) is 0.167.